The quantitative estimate of drug-likeness (QED) is 0.908. The fourth-order valence-electron chi connectivity index (χ4n) is 2.88. The van der Waals surface area contributed by atoms with Gasteiger partial charge in [-0.1, -0.05) is 26.8 Å². The van der Waals surface area contributed by atoms with Crippen molar-refractivity contribution in [2.45, 2.75) is 33.4 Å². The number of Topliss-reactive ketones (excluding diaryl/α,β-unsaturated/α-hetero) is 1. The molecule has 0 saturated carbocycles. The van der Waals surface area contributed by atoms with Gasteiger partial charge in [-0.05, 0) is 29.1 Å². The molecule has 5 nitrogen and oxygen atoms in total. The van der Waals surface area contributed by atoms with Crippen LogP contribution in [0.25, 0.3) is 0 Å². The van der Waals surface area contributed by atoms with Crippen LogP contribution in [0.3, 0.4) is 0 Å². The number of carbonyl (C=O) groups is 2. The lowest BCUT2D eigenvalue weighted by Crippen LogP contribution is -2.32. The second kappa shape index (κ2) is 6.44. The number of carbonyl (C=O) groups excluding carboxylic acids is 2. The highest BCUT2D eigenvalue weighted by Crippen LogP contribution is 2.42. The first-order chi connectivity index (χ1) is 11.8. The Labute approximate surface area is 150 Å². The molecule has 25 heavy (non-hydrogen) atoms. The highest BCUT2D eigenvalue weighted by Gasteiger charge is 2.46. The van der Waals surface area contributed by atoms with Gasteiger partial charge in [0.25, 0.3) is 5.91 Å². The zero-order valence-corrected chi connectivity index (χ0v) is 15.2. The predicted molar refractivity (Wildman–Crippen MR) is 96.0 cm³/mol. The summed E-state index contributed by atoms with van der Waals surface area (Å²) in [5.41, 5.74) is 0.391. The maximum atomic E-state index is 12.9. The standard InChI is InChI=1S/C19H20N2O3S/c1-19(2,3)17(23)14-15(13-5-4-10-25-13)21(18(24)16(14)22)11-12-6-8-20-9-7-12/h4-10,15,22H,11H2,1-3H3. The Balaban J connectivity index is 2.05. The topological polar surface area (TPSA) is 70.5 Å². The van der Waals surface area contributed by atoms with Crippen molar-refractivity contribution < 1.29 is 14.7 Å². The van der Waals surface area contributed by atoms with E-state index in [9.17, 15) is 14.7 Å². The van der Waals surface area contributed by atoms with Crippen LogP contribution >= 0.6 is 11.3 Å². The van der Waals surface area contributed by atoms with Crippen LogP contribution in [0.15, 0.2) is 53.4 Å². The molecule has 2 aromatic rings. The maximum Gasteiger partial charge on any atom is 0.290 e. The molecule has 0 spiro atoms. The molecule has 0 aromatic carbocycles. The molecule has 0 radical (unpaired) electrons. The van der Waals surface area contributed by atoms with E-state index in [1.807, 2.05) is 29.6 Å². The number of nitrogens with zero attached hydrogens (tertiary/aromatic N) is 2. The number of amides is 1. The van der Waals surface area contributed by atoms with E-state index in [0.717, 1.165) is 10.4 Å². The lowest BCUT2D eigenvalue weighted by Gasteiger charge is -2.27. The second-order valence-corrected chi connectivity index (χ2v) is 8.03. The molecule has 1 amide bonds. The summed E-state index contributed by atoms with van der Waals surface area (Å²) in [5.74, 6) is -1.16. The summed E-state index contributed by atoms with van der Waals surface area (Å²) in [7, 11) is 0. The Bertz CT molecular complexity index is 820. The summed E-state index contributed by atoms with van der Waals surface area (Å²) < 4.78 is 0. The minimum absolute atomic E-state index is 0.189. The molecule has 1 aliphatic heterocycles. The molecule has 1 atom stereocenters. The lowest BCUT2D eigenvalue weighted by atomic mass is 9.83. The molecular formula is C19H20N2O3S. The van der Waals surface area contributed by atoms with E-state index in [2.05, 4.69) is 4.98 Å². The number of aromatic nitrogens is 1. The summed E-state index contributed by atoms with van der Waals surface area (Å²) in [6.07, 6.45) is 3.31. The average Bonchev–Trinajstić information content (AvgIpc) is 3.17. The minimum atomic E-state index is -0.689. The molecule has 3 heterocycles. The van der Waals surface area contributed by atoms with Crippen molar-refractivity contribution in [3.8, 4) is 0 Å². The number of hydrogen-bond acceptors (Lipinski definition) is 5. The molecule has 0 aliphatic carbocycles. The Morgan fingerprint density at radius 2 is 1.96 bits per heavy atom. The fourth-order valence-corrected chi connectivity index (χ4v) is 3.73. The van der Waals surface area contributed by atoms with Crippen molar-refractivity contribution in [2.75, 3.05) is 0 Å². The smallest absolute Gasteiger partial charge is 0.290 e. The van der Waals surface area contributed by atoms with Crippen molar-refractivity contribution >= 4 is 23.0 Å². The lowest BCUT2D eigenvalue weighted by molar-refractivity contribution is -0.130. The number of rotatable bonds is 4. The molecule has 130 valence electrons. The van der Waals surface area contributed by atoms with Crippen molar-refractivity contribution in [1.82, 2.24) is 9.88 Å². The number of aliphatic hydroxyl groups excluding tert-OH is 1. The van der Waals surface area contributed by atoms with Crippen molar-refractivity contribution in [3.63, 3.8) is 0 Å². The number of aliphatic hydroxyl groups is 1. The van der Waals surface area contributed by atoms with Crippen LogP contribution in [0.4, 0.5) is 0 Å². The predicted octanol–water partition coefficient (Wildman–Crippen LogP) is 3.65. The average molecular weight is 356 g/mol. The van der Waals surface area contributed by atoms with Gasteiger partial charge in [0.15, 0.2) is 11.5 Å². The summed E-state index contributed by atoms with van der Waals surface area (Å²) in [5, 5.41) is 12.4. The molecule has 0 bridgehead atoms. The Kier molecular flexibility index (Phi) is 4.47. The summed E-state index contributed by atoms with van der Waals surface area (Å²) in [4.78, 5) is 32.0. The van der Waals surface area contributed by atoms with Gasteiger partial charge in [-0.25, -0.2) is 0 Å². The van der Waals surface area contributed by atoms with Gasteiger partial charge in [0.1, 0.15) is 0 Å². The Morgan fingerprint density at radius 3 is 2.52 bits per heavy atom. The Morgan fingerprint density at radius 1 is 1.28 bits per heavy atom. The first-order valence-corrected chi connectivity index (χ1v) is 8.90. The van der Waals surface area contributed by atoms with Gasteiger partial charge in [0.2, 0.25) is 0 Å². The zero-order valence-electron chi connectivity index (χ0n) is 14.4. The summed E-state index contributed by atoms with van der Waals surface area (Å²) in [6.45, 7) is 5.67. The molecule has 1 unspecified atom stereocenters. The monoisotopic (exact) mass is 356 g/mol. The summed E-state index contributed by atoms with van der Waals surface area (Å²) >= 11 is 1.47. The summed E-state index contributed by atoms with van der Waals surface area (Å²) in [6, 6.07) is 6.84. The second-order valence-electron chi connectivity index (χ2n) is 7.05. The van der Waals surface area contributed by atoms with Gasteiger partial charge in [0, 0.05) is 29.2 Å². The third-order valence-electron chi connectivity index (χ3n) is 4.14. The van der Waals surface area contributed by atoms with Gasteiger partial charge >= 0.3 is 0 Å². The third kappa shape index (κ3) is 3.22. The number of hydrogen-bond donors (Lipinski definition) is 1. The van der Waals surface area contributed by atoms with E-state index in [1.165, 1.54) is 11.3 Å². The molecule has 0 saturated heterocycles. The molecule has 3 rings (SSSR count). The molecular weight excluding hydrogens is 336 g/mol. The van der Waals surface area contributed by atoms with Crippen LogP contribution < -0.4 is 0 Å². The van der Waals surface area contributed by atoms with Crippen molar-refractivity contribution in [2.24, 2.45) is 5.41 Å². The van der Waals surface area contributed by atoms with Crippen LogP contribution in [-0.4, -0.2) is 26.7 Å². The van der Waals surface area contributed by atoms with Crippen LogP contribution in [0.5, 0.6) is 0 Å². The van der Waals surface area contributed by atoms with Crippen LogP contribution in [0.2, 0.25) is 0 Å². The first kappa shape index (κ1) is 17.4. The van der Waals surface area contributed by atoms with Gasteiger partial charge in [0.05, 0.1) is 11.6 Å². The number of pyridine rings is 1. The fraction of sp³-hybridized carbons (Fsp3) is 0.316. The maximum absolute atomic E-state index is 12.9. The van der Waals surface area contributed by atoms with E-state index in [1.54, 1.807) is 38.1 Å². The first-order valence-electron chi connectivity index (χ1n) is 8.02. The SMILES string of the molecule is CC(C)(C)C(=O)C1=C(O)C(=O)N(Cc2ccncc2)C1c1cccs1. The molecule has 6 heteroatoms. The zero-order chi connectivity index (χ0) is 18.2. The highest BCUT2D eigenvalue weighted by molar-refractivity contribution is 7.10. The number of thiophene rings is 1. The van der Waals surface area contributed by atoms with Gasteiger partial charge < -0.3 is 10.0 Å². The van der Waals surface area contributed by atoms with Crippen molar-refractivity contribution in [3.05, 3.63) is 63.8 Å². The normalized spacial score (nSPS) is 18.1. The largest absolute Gasteiger partial charge is 0.503 e. The van der Waals surface area contributed by atoms with Crippen LogP contribution in [0.1, 0.15) is 37.3 Å². The van der Waals surface area contributed by atoms with Crippen LogP contribution in [0, 0.1) is 5.41 Å². The molecule has 1 aliphatic rings. The van der Waals surface area contributed by atoms with E-state index in [4.69, 9.17) is 0 Å². The molecule has 0 fully saturated rings. The van der Waals surface area contributed by atoms with E-state index < -0.39 is 23.1 Å². The van der Waals surface area contributed by atoms with Gasteiger partial charge in [-0.3, -0.25) is 14.6 Å². The Hall–Kier alpha value is -2.47. The van der Waals surface area contributed by atoms with Gasteiger partial charge in [-0.2, -0.15) is 0 Å². The van der Waals surface area contributed by atoms with Crippen LogP contribution in [-0.2, 0) is 16.1 Å². The minimum Gasteiger partial charge on any atom is -0.503 e. The van der Waals surface area contributed by atoms with E-state index >= 15 is 0 Å². The van der Waals surface area contributed by atoms with E-state index in [-0.39, 0.29) is 11.4 Å². The van der Waals surface area contributed by atoms with E-state index in [0.29, 0.717) is 6.54 Å². The number of ketones is 1. The third-order valence-corrected chi connectivity index (χ3v) is 5.07. The van der Waals surface area contributed by atoms with Crippen molar-refractivity contribution in [1.29, 1.82) is 0 Å². The van der Waals surface area contributed by atoms with Gasteiger partial charge in [-0.15, -0.1) is 11.3 Å². The molecule has 1 N–H and O–H groups in total. The highest BCUT2D eigenvalue weighted by atomic mass is 32.1. The molecule has 2 aromatic heterocycles.